The van der Waals surface area contributed by atoms with Gasteiger partial charge in [0, 0.05) is 12.1 Å². The lowest BCUT2D eigenvalue weighted by Crippen LogP contribution is -2.46. The summed E-state index contributed by atoms with van der Waals surface area (Å²) in [6.07, 6.45) is 0. The minimum Gasteiger partial charge on any atom is -0.352 e. The highest BCUT2D eigenvalue weighted by molar-refractivity contribution is 9.10. The lowest BCUT2D eigenvalue weighted by molar-refractivity contribution is -0.385. The van der Waals surface area contributed by atoms with E-state index in [4.69, 9.17) is 0 Å². The van der Waals surface area contributed by atoms with Gasteiger partial charge in [0.15, 0.2) is 0 Å². The lowest BCUT2D eigenvalue weighted by atomic mass is 10.1. The number of nitro benzene ring substituents is 1. The van der Waals surface area contributed by atoms with Crippen molar-refractivity contribution in [2.24, 2.45) is 0 Å². The molecule has 1 atom stereocenters. The highest BCUT2D eigenvalue weighted by Gasteiger charge is 2.22. The van der Waals surface area contributed by atoms with Crippen LogP contribution in [0.1, 0.15) is 31.1 Å². The molecule has 114 valence electrons. The normalized spacial score (nSPS) is 11.9. The number of nitrogens with one attached hydrogen (secondary N) is 2. The molecule has 0 saturated heterocycles. The van der Waals surface area contributed by atoms with Crippen LogP contribution >= 0.6 is 15.9 Å². The Bertz CT molecular complexity index is 575. The molecular formula is C13H16BrN3O4. The second-order valence-electron chi connectivity index (χ2n) is 4.75. The number of amides is 2. The van der Waals surface area contributed by atoms with Crippen LogP contribution < -0.4 is 10.6 Å². The lowest BCUT2D eigenvalue weighted by Gasteiger charge is -2.16. The van der Waals surface area contributed by atoms with Crippen LogP contribution in [-0.4, -0.2) is 28.8 Å². The first-order chi connectivity index (χ1) is 9.73. The molecule has 21 heavy (non-hydrogen) atoms. The van der Waals surface area contributed by atoms with Crippen LogP contribution in [0.3, 0.4) is 0 Å². The summed E-state index contributed by atoms with van der Waals surface area (Å²) in [7, 11) is 0. The van der Waals surface area contributed by atoms with Crippen LogP contribution in [0.2, 0.25) is 0 Å². The van der Waals surface area contributed by atoms with Crippen LogP contribution in [0.4, 0.5) is 5.69 Å². The van der Waals surface area contributed by atoms with Crippen molar-refractivity contribution >= 4 is 33.4 Å². The predicted molar refractivity (Wildman–Crippen MR) is 81.0 cm³/mol. The fourth-order valence-electron chi connectivity index (χ4n) is 1.59. The number of benzene rings is 1. The van der Waals surface area contributed by atoms with E-state index in [1.807, 2.05) is 13.8 Å². The van der Waals surface area contributed by atoms with Gasteiger partial charge in [-0.3, -0.25) is 19.7 Å². The zero-order chi connectivity index (χ0) is 16.2. The number of carbonyl (C=O) groups is 2. The summed E-state index contributed by atoms with van der Waals surface area (Å²) in [5, 5.41) is 16.0. The van der Waals surface area contributed by atoms with Crippen molar-refractivity contribution in [1.82, 2.24) is 10.6 Å². The quantitative estimate of drug-likeness (QED) is 0.621. The second-order valence-corrected chi connectivity index (χ2v) is 5.55. The third-order valence-corrected chi connectivity index (χ3v) is 3.42. The first kappa shape index (κ1) is 17.1. The van der Waals surface area contributed by atoms with E-state index in [2.05, 4.69) is 26.6 Å². The van der Waals surface area contributed by atoms with Gasteiger partial charge < -0.3 is 10.6 Å². The van der Waals surface area contributed by atoms with E-state index in [1.165, 1.54) is 18.2 Å². The third kappa shape index (κ3) is 4.52. The van der Waals surface area contributed by atoms with Gasteiger partial charge in [0.1, 0.15) is 10.5 Å². The summed E-state index contributed by atoms with van der Waals surface area (Å²) in [5.41, 5.74) is -0.102. The van der Waals surface area contributed by atoms with E-state index in [0.717, 1.165) is 0 Å². The summed E-state index contributed by atoms with van der Waals surface area (Å²) in [6.45, 7) is 5.16. The minimum atomic E-state index is -0.744. The topological polar surface area (TPSA) is 101 Å². The number of hydrogen-bond donors (Lipinski definition) is 2. The van der Waals surface area contributed by atoms with Gasteiger partial charge in [-0.1, -0.05) is 6.07 Å². The molecule has 0 aromatic heterocycles. The van der Waals surface area contributed by atoms with Crippen molar-refractivity contribution in [2.75, 3.05) is 0 Å². The largest absolute Gasteiger partial charge is 0.352 e. The Kier molecular flexibility index (Phi) is 5.83. The van der Waals surface area contributed by atoms with Crippen molar-refractivity contribution in [1.29, 1.82) is 0 Å². The molecule has 1 aromatic carbocycles. The molecule has 0 aliphatic carbocycles. The Labute approximate surface area is 130 Å². The van der Waals surface area contributed by atoms with Crippen molar-refractivity contribution in [2.45, 2.75) is 32.9 Å². The molecule has 1 unspecified atom stereocenters. The minimum absolute atomic E-state index is 0.0404. The third-order valence-electron chi connectivity index (χ3n) is 2.59. The number of rotatable bonds is 5. The van der Waals surface area contributed by atoms with E-state index in [-0.39, 0.29) is 27.7 Å². The van der Waals surface area contributed by atoms with Crippen molar-refractivity contribution in [3.05, 3.63) is 38.3 Å². The van der Waals surface area contributed by atoms with Gasteiger partial charge in [0.05, 0.1) is 10.5 Å². The zero-order valence-electron chi connectivity index (χ0n) is 11.8. The van der Waals surface area contributed by atoms with Gasteiger partial charge in [-0.2, -0.15) is 0 Å². The monoisotopic (exact) mass is 357 g/mol. The van der Waals surface area contributed by atoms with Crippen LogP contribution in [0.15, 0.2) is 22.7 Å². The molecule has 0 saturated carbocycles. The van der Waals surface area contributed by atoms with Crippen molar-refractivity contribution in [3.63, 3.8) is 0 Å². The fraction of sp³-hybridized carbons (Fsp3) is 0.385. The molecule has 1 rings (SSSR count). The van der Waals surface area contributed by atoms with Gasteiger partial charge in [-0.25, -0.2) is 0 Å². The van der Waals surface area contributed by atoms with Gasteiger partial charge in [-0.05, 0) is 42.8 Å². The van der Waals surface area contributed by atoms with E-state index < -0.39 is 16.9 Å². The highest BCUT2D eigenvalue weighted by Crippen LogP contribution is 2.28. The van der Waals surface area contributed by atoms with Crippen molar-refractivity contribution in [3.8, 4) is 0 Å². The maximum absolute atomic E-state index is 12.1. The number of carbonyl (C=O) groups excluding carboxylic acids is 2. The van der Waals surface area contributed by atoms with Gasteiger partial charge in [-0.15, -0.1) is 0 Å². The molecule has 2 N–H and O–H groups in total. The Morgan fingerprint density at radius 1 is 1.24 bits per heavy atom. The Morgan fingerprint density at radius 3 is 2.38 bits per heavy atom. The molecule has 0 aliphatic rings. The molecule has 0 spiro atoms. The molecule has 0 heterocycles. The molecule has 0 radical (unpaired) electrons. The smallest absolute Gasteiger partial charge is 0.284 e. The maximum Gasteiger partial charge on any atom is 0.284 e. The molecule has 1 aromatic rings. The molecule has 0 bridgehead atoms. The van der Waals surface area contributed by atoms with Crippen LogP contribution in [0.25, 0.3) is 0 Å². The van der Waals surface area contributed by atoms with Gasteiger partial charge in [0.25, 0.3) is 11.6 Å². The first-order valence-electron chi connectivity index (χ1n) is 6.28. The Hall–Kier alpha value is -1.96. The second kappa shape index (κ2) is 7.16. The summed E-state index contributed by atoms with van der Waals surface area (Å²) >= 11 is 3.05. The summed E-state index contributed by atoms with van der Waals surface area (Å²) in [6, 6.07) is 3.36. The molecule has 7 nitrogen and oxygen atoms in total. The van der Waals surface area contributed by atoms with Crippen LogP contribution in [0, 0.1) is 10.1 Å². The molecule has 0 fully saturated rings. The number of nitro groups is 1. The zero-order valence-corrected chi connectivity index (χ0v) is 13.4. The summed E-state index contributed by atoms with van der Waals surface area (Å²) in [4.78, 5) is 34.1. The molecule has 0 aliphatic heterocycles. The average Bonchev–Trinajstić information content (AvgIpc) is 2.37. The van der Waals surface area contributed by atoms with E-state index >= 15 is 0 Å². The SMILES string of the molecule is CC(C)NC(=O)C(C)NC(=O)c1cccc([N+](=O)[O-])c1Br. The van der Waals surface area contributed by atoms with Gasteiger partial charge in [0.2, 0.25) is 5.91 Å². The van der Waals surface area contributed by atoms with Gasteiger partial charge >= 0.3 is 0 Å². The average molecular weight is 358 g/mol. The Balaban J connectivity index is 2.88. The number of halogens is 1. The maximum atomic E-state index is 12.1. The highest BCUT2D eigenvalue weighted by atomic mass is 79.9. The molecule has 2 amide bonds. The summed E-state index contributed by atoms with van der Waals surface area (Å²) in [5.74, 6) is -0.878. The van der Waals surface area contributed by atoms with E-state index in [1.54, 1.807) is 6.92 Å². The fourth-order valence-corrected chi connectivity index (χ4v) is 2.17. The molecule has 8 heteroatoms. The standard InChI is InChI=1S/C13H16BrN3O4/c1-7(2)15-12(18)8(3)16-13(19)9-5-4-6-10(11(9)14)17(20)21/h4-8H,1-3H3,(H,15,18)(H,16,19). The first-order valence-corrected chi connectivity index (χ1v) is 7.07. The number of hydrogen-bond acceptors (Lipinski definition) is 4. The molecular weight excluding hydrogens is 342 g/mol. The van der Waals surface area contributed by atoms with Crippen LogP contribution in [-0.2, 0) is 4.79 Å². The van der Waals surface area contributed by atoms with E-state index in [0.29, 0.717) is 0 Å². The van der Waals surface area contributed by atoms with E-state index in [9.17, 15) is 19.7 Å². The Morgan fingerprint density at radius 2 is 1.86 bits per heavy atom. The number of nitrogens with zero attached hydrogens (tertiary/aromatic N) is 1. The summed E-state index contributed by atoms with van der Waals surface area (Å²) < 4.78 is 0.0870. The van der Waals surface area contributed by atoms with Crippen LogP contribution in [0.5, 0.6) is 0 Å². The predicted octanol–water partition coefficient (Wildman–Crippen LogP) is 2.00. The van der Waals surface area contributed by atoms with Crippen molar-refractivity contribution < 1.29 is 14.5 Å².